The van der Waals surface area contributed by atoms with Gasteiger partial charge in [0.15, 0.2) is 0 Å². The summed E-state index contributed by atoms with van der Waals surface area (Å²) < 4.78 is 72.5. The number of rotatable bonds is 1. The van der Waals surface area contributed by atoms with Crippen LogP contribution >= 0.6 is 23.2 Å². The topological polar surface area (TPSA) is 37.1 Å². The van der Waals surface area contributed by atoms with E-state index >= 15 is 0 Å². The second kappa shape index (κ2) is 3.66. The Morgan fingerprint density at radius 1 is 0.938 bits per heavy atom. The van der Waals surface area contributed by atoms with Crippen LogP contribution in [0.25, 0.3) is 0 Å². The molecule has 2 rings (SSSR count). The van der Waals surface area contributed by atoms with Crippen molar-refractivity contribution in [2.24, 2.45) is 13.5 Å². The molecular formula is C5H5F5N3P3. The molecule has 0 radical (unpaired) electrons. The lowest BCUT2D eigenvalue weighted by atomic mass is 10.5. The number of hydrogen-bond donors (Lipinski definition) is 0. The normalized spacial score (nSPS) is 34.7. The van der Waals surface area contributed by atoms with Gasteiger partial charge in [0.25, 0.3) is 7.52 Å². The second-order valence-electron chi connectivity index (χ2n) is 3.00. The molecule has 0 bridgehead atoms. The van der Waals surface area contributed by atoms with Gasteiger partial charge in [-0.1, -0.05) is 18.2 Å². The zero-order valence-corrected chi connectivity index (χ0v) is 10.2. The van der Waals surface area contributed by atoms with Crippen molar-refractivity contribution in [2.45, 2.75) is 6.42 Å². The first-order valence-electron chi connectivity index (χ1n) is 3.99. The summed E-state index contributed by atoms with van der Waals surface area (Å²) in [4.78, 5) is 0. The van der Waals surface area contributed by atoms with Crippen molar-refractivity contribution in [1.82, 2.24) is 0 Å². The van der Waals surface area contributed by atoms with E-state index in [1.807, 2.05) is 4.52 Å². The Morgan fingerprint density at radius 3 is 2.06 bits per heavy atom. The standard InChI is InChI=1S/C5H5F5N3P3/c6-14(5-3-1-2-4-5)11-15(7,8)13-16(9,10)12-14/h1-3H,4H2. The van der Waals surface area contributed by atoms with Gasteiger partial charge in [0, 0.05) is 5.31 Å². The molecular weight excluding hydrogens is 290 g/mol. The first-order chi connectivity index (χ1) is 7.23. The SMILES string of the molecule is FP1(F)=NP(F)(F)=NP(F)(C2=CC=CC2)=N1. The fourth-order valence-corrected chi connectivity index (χ4v) is 7.48. The molecule has 90 valence electrons. The molecule has 1 aliphatic heterocycles. The van der Waals surface area contributed by atoms with Crippen LogP contribution in [0.1, 0.15) is 6.42 Å². The molecule has 0 aromatic heterocycles. The van der Waals surface area contributed by atoms with E-state index in [1.54, 1.807) is 0 Å². The molecule has 0 saturated carbocycles. The van der Waals surface area contributed by atoms with Crippen molar-refractivity contribution >= 4 is 23.2 Å². The molecule has 2 aliphatic rings. The zero-order chi connectivity index (χ0) is 12.0. The largest absolute Gasteiger partial charge is 0.423 e. The molecule has 0 saturated heterocycles. The third kappa shape index (κ3) is 2.39. The third-order valence-electron chi connectivity index (χ3n) is 1.78. The van der Waals surface area contributed by atoms with E-state index in [0.29, 0.717) is 0 Å². The number of halogens is 5. The molecule has 0 fully saturated rings. The molecule has 0 amide bonds. The van der Waals surface area contributed by atoms with Gasteiger partial charge < -0.3 is 0 Å². The van der Waals surface area contributed by atoms with E-state index < -0.39 is 23.2 Å². The van der Waals surface area contributed by atoms with Crippen LogP contribution in [0.2, 0.25) is 0 Å². The molecule has 1 aliphatic carbocycles. The predicted octanol–water partition coefficient (Wildman–Crippen LogP) is 6.61. The molecule has 1 atom stereocenters. The molecule has 16 heavy (non-hydrogen) atoms. The molecule has 1 heterocycles. The van der Waals surface area contributed by atoms with E-state index in [2.05, 4.69) is 9.03 Å². The van der Waals surface area contributed by atoms with Gasteiger partial charge in [-0.05, 0) is 6.42 Å². The third-order valence-corrected chi connectivity index (χ3v) is 8.19. The smallest absolute Gasteiger partial charge is 0.178 e. The van der Waals surface area contributed by atoms with Gasteiger partial charge in [-0.15, -0.1) is 21.3 Å². The summed E-state index contributed by atoms with van der Waals surface area (Å²) in [5.74, 6) is 0. The van der Waals surface area contributed by atoms with Crippen molar-refractivity contribution in [2.75, 3.05) is 0 Å². The predicted molar refractivity (Wildman–Crippen MR) is 55.4 cm³/mol. The lowest BCUT2D eigenvalue weighted by Crippen LogP contribution is -1.79. The fraction of sp³-hybridized carbons (Fsp3) is 0.200. The molecule has 0 aromatic carbocycles. The summed E-state index contributed by atoms with van der Waals surface area (Å²) in [5.41, 5.74) is 0. The maximum absolute atomic E-state index is 14.0. The van der Waals surface area contributed by atoms with Crippen molar-refractivity contribution in [3.63, 3.8) is 0 Å². The Labute approximate surface area is 88.4 Å². The van der Waals surface area contributed by atoms with Gasteiger partial charge >= 0.3 is 15.7 Å². The van der Waals surface area contributed by atoms with E-state index in [9.17, 15) is 21.0 Å². The molecule has 3 nitrogen and oxygen atoms in total. The maximum atomic E-state index is 14.0. The van der Waals surface area contributed by atoms with E-state index in [4.69, 9.17) is 0 Å². The maximum Gasteiger partial charge on any atom is 0.423 e. The summed E-state index contributed by atoms with van der Waals surface area (Å²) in [7, 11) is -15.7. The molecule has 0 N–H and O–H groups in total. The molecule has 0 aromatic rings. The van der Waals surface area contributed by atoms with E-state index in [1.165, 1.54) is 18.2 Å². The lowest BCUT2D eigenvalue weighted by molar-refractivity contribution is 0.697. The zero-order valence-electron chi connectivity index (χ0n) is 7.51. The van der Waals surface area contributed by atoms with Crippen LogP contribution in [0, 0.1) is 0 Å². The van der Waals surface area contributed by atoms with Gasteiger partial charge in [-0.2, -0.15) is 13.2 Å². The second-order valence-corrected chi connectivity index (χ2v) is 8.59. The number of allylic oxidation sites excluding steroid dienone is 4. The fourth-order valence-electron chi connectivity index (χ4n) is 1.23. The minimum absolute atomic E-state index is 0.00270. The van der Waals surface area contributed by atoms with Crippen LogP contribution < -0.4 is 0 Å². The Kier molecular flexibility index (Phi) is 2.81. The Hall–Kier alpha value is -0.180. The number of hydrogen-bond acceptors (Lipinski definition) is 3. The highest BCUT2D eigenvalue weighted by molar-refractivity contribution is 7.81. The average Bonchev–Trinajstić information content (AvgIpc) is 2.46. The minimum Gasteiger partial charge on any atom is -0.178 e. The van der Waals surface area contributed by atoms with Gasteiger partial charge in [0.1, 0.15) is 0 Å². The highest BCUT2D eigenvalue weighted by Gasteiger charge is 2.40. The number of nitrogens with zero attached hydrogens (tertiary/aromatic N) is 3. The van der Waals surface area contributed by atoms with E-state index in [-0.39, 0.29) is 11.7 Å². The summed E-state index contributed by atoms with van der Waals surface area (Å²) in [6.07, 6.45) is 4.05. The first-order valence-corrected chi connectivity index (χ1v) is 8.52. The average molecular weight is 295 g/mol. The summed E-state index contributed by atoms with van der Waals surface area (Å²) in [6.45, 7) is 0. The van der Waals surface area contributed by atoms with Gasteiger partial charge in [0.2, 0.25) is 0 Å². The quantitative estimate of drug-likeness (QED) is 0.385. The minimum atomic E-state index is -5.57. The monoisotopic (exact) mass is 295 g/mol. The van der Waals surface area contributed by atoms with E-state index in [0.717, 1.165) is 0 Å². The van der Waals surface area contributed by atoms with Crippen molar-refractivity contribution in [3.05, 3.63) is 23.5 Å². The summed E-state index contributed by atoms with van der Waals surface area (Å²) in [6, 6.07) is 0. The van der Waals surface area contributed by atoms with Crippen molar-refractivity contribution < 1.29 is 21.0 Å². The van der Waals surface area contributed by atoms with Gasteiger partial charge in [-0.3, -0.25) is 0 Å². The summed E-state index contributed by atoms with van der Waals surface area (Å²) in [5, 5.41) is -0.193. The van der Waals surface area contributed by atoms with Gasteiger partial charge in [-0.25, -0.2) is 0 Å². The Balaban J connectivity index is 2.64. The Bertz CT molecular complexity index is 542. The summed E-state index contributed by atoms with van der Waals surface area (Å²) >= 11 is 0. The van der Waals surface area contributed by atoms with Crippen molar-refractivity contribution in [3.8, 4) is 0 Å². The molecule has 0 spiro atoms. The van der Waals surface area contributed by atoms with Crippen LogP contribution in [-0.4, -0.2) is 0 Å². The highest BCUT2D eigenvalue weighted by Crippen LogP contribution is 2.84. The van der Waals surface area contributed by atoms with Gasteiger partial charge in [0.05, 0.1) is 0 Å². The molecule has 11 heteroatoms. The molecule has 1 unspecified atom stereocenters. The van der Waals surface area contributed by atoms with Crippen molar-refractivity contribution in [1.29, 1.82) is 0 Å². The highest BCUT2D eigenvalue weighted by atomic mass is 31.3. The Morgan fingerprint density at radius 2 is 1.56 bits per heavy atom. The van der Waals surface area contributed by atoms with Crippen LogP contribution in [0.15, 0.2) is 37.1 Å². The van der Waals surface area contributed by atoms with Crippen LogP contribution in [0.3, 0.4) is 0 Å². The van der Waals surface area contributed by atoms with Crippen LogP contribution in [0.4, 0.5) is 21.0 Å². The lowest BCUT2D eigenvalue weighted by Gasteiger charge is -2.17. The first kappa shape index (κ1) is 12.3. The van der Waals surface area contributed by atoms with Crippen LogP contribution in [-0.2, 0) is 0 Å². The van der Waals surface area contributed by atoms with Crippen LogP contribution in [0.5, 0.6) is 0 Å².